The molecule has 1 aliphatic heterocycles. The summed E-state index contributed by atoms with van der Waals surface area (Å²) in [5, 5.41) is 2.82. The van der Waals surface area contributed by atoms with Crippen molar-refractivity contribution in [1.82, 2.24) is 13.1 Å². The maximum absolute atomic E-state index is 13.2. The van der Waals surface area contributed by atoms with Gasteiger partial charge in [0.1, 0.15) is 15.9 Å². The lowest BCUT2D eigenvalue weighted by Crippen LogP contribution is -2.43. The minimum absolute atomic E-state index is 0.0497. The minimum atomic E-state index is -3.79. The molecule has 2 aromatic carbocycles. The lowest BCUT2D eigenvalue weighted by Gasteiger charge is -2.31. The fourth-order valence-electron chi connectivity index (χ4n) is 3.54. The number of nitrogens with one attached hydrogen (secondary N) is 1. The van der Waals surface area contributed by atoms with Crippen LogP contribution in [0.1, 0.15) is 30.1 Å². The maximum Gasteiger partial charge on any atom is 0.245 e. The van der Waals surface area contributed by atoms with Gasteiger partial charge in [-0.2, -0.15) is 13.1 Å². The number of piperidine rings is 1. The standard InChI is InChI=1S/C20H20N4O4S2/c1-13(25)14-7-9-16(10-8-14)21-20(26)15-4-3-11-24(12-15)30(27,28)18-6-2-5-17-19(18)23-29-22-17/h2,5-10,15H,3-4,11-12H2,1H3,(H,21,26)/t15-/m0/s1. The fraction of sp³-hybridized carbons (Fsp3) is 0.300. The van der Waals surface area contributed by atoms with Crippen molar-refractivity contribution >= 4 is 50.2 Å². The van der Waals surface area contributed by atoms with E-state index < -0.39 is 15.9 Å². The minimum Gasteiger partial charge on any atom is -0.326 e. The van der Waals surface area contributed by atoms with Gasteiger partial charge in [0.15, 0.2) is 5.78 Å². The van der Waals surface area contributed by atoms with Crippen molar-refractivity contribution in [3.8, 4) is 0 Å². The molecule has 0 aliphatic carbocycles. The molecule has 1 aromatic heterocycles. The van der Waals surface area contributed by atoms with Gasteiger partial charge in [-0.25, -0.2) is 8.42 Å². The van der Waals surface area contributed by atoms with Crippen LogP contribution in [0.15, 0.2) is 47.4 Å². The van der Waals surface area contributed by atoms with E-state index in [1.165, 1.54) is 17.3 Å². The van der Waals surface area contributed by atoms with Crippen molar-refractivity contribution in [3.63, 3.8) is 0 Å². The molecule has 3 aromatic rings. The number of fused-ring (bicyclic) bond motifs is 1. The van der Waals surface area contributed by atoms with Crippen LogP contribution in [0, 0.1) is 5.92 Å². The summed E-state index contributed by atoms with van der Waals surface area (Å²) in [4.78, 5) is 24.2. The molecule has 0 saturated carbocycles. The second-order valence-corrected chi connectivity index (χ2v) is 9.65. The van der Waals surface area contributed by atoms with Crippen LogP contribution < -0.4 is 5.32 Å². The Hall–Kier alpha value is -2.69. The van der Waals surface area contributed by atoms with Crippen LogP contribution in [0.3, 0.4) is 0 Å². The number of amides is 1. The highest BCUT2D eigenvalue weighted by Gasteiger charge is 2.34. The number of rotatable bonds is 5. The van der Waals surface area contributed by atoms with Crippen LogP contribution in [0.5, 0.6) is 0 Å². The summed E-state index contributed by atoms with van der Waals surface area (Å²) >= 11 is 0.971. The topological polar surface area (TPSA) is 109 Å². The summed E-state index contributed by atoms with van der Waals surface area (Å²) in [5.41, 5.74) is 2.04. The Bertz CT molecular complexity index is 1210. The van der Waals surface area contributed by atoms with Gasteiger partial charge < -0.3 is 5.32 Å². The number of sulfonamides is 1. The Labute approximate surface area is 178 Å². The van der Waals surface area contributed by atoms with Crippen LogP contribution in [-0.4, -0.2) is 46.3 Å². The highest BCUT2D eigenvalue weighted by Crippen LogP contribution is 2.28. The molecule has 0 unspecified atom stereocenters. The van der Waals surface area contributed by atoms with Crippen molar-refractivity contribution < 1.29 is 18.0 Å². The monoisotopic (exact) mass is 444 g/mol. The number of nitrogens with zero attached hydrogens (tertiary/aromatic N) is 3. The Balaban J connectivity index is 1.50. The number of aromatic nitrogens is 2. The van der Waals surface area contributed by atoms with E-state index in [0.717, 1.165) is 11.7 Å². The van der Waals surface area contributed by atoms with Crippen molar-refractivity contribution in [1.29, 1.82) is 0 Å². The average Bonchev–Trinajstić information content (AvgIpc) is 3.23. The third-order valence-corrected chi connectivity index (χ3v) is 7.62. The second kappa shape index (κ2) is 8.21. The Morgan fingerprint density at radius 2 is 1.90 bits per heavy atom. The van der Waals surface area contributed by atoms with Crippen LogP contribution in [-0.2, 0) is 14.8 Å². The molecule has 0 radical (unpaired) electrons. The second-order valence-electron chi connectivity index (χ2n) is 7.21. The predicted octanol–water partition coefficient (Wildman–Crippen LogP) is 2.93. The van der Waals surface area contributed by atoms with E-state index in [1.54, 1.807) is 36.4 Å². The fourth-order valence-corrected chi connectivity index (χ4v) is 5.81. The predicted molar refractivity (Wildman–Crippen MR) is 114 cm³/mol. The van der Waals surface area contributed by atoms with E-state index in [0.29, 0.717) is 41.7 Å². The van der Waals surface area contributed by atoms with E-state index in [4.69, 9.17) is 0 Å². The smallest absolute Gasteiger partial charge is 0.245 e. The van der Waals surface area contributed by atoms with Gasteiger partial charge >= 0.3 is 0 Å². The summed E-state index contributed by atoms with van der Waals surface area (Å²) in [6.07, 6.45) is 1.19. The first-order valence-corrected chi connectivity index (χ1v) is 11.7. The molecule has 1 fully saturated rings. The zero-order valence-electron chi connectivity index (χ0n) is 16.2. The quantitative estimate of drug-likeness (QED) is 0.606. The highest BCUT2D eigenvalue weighted by molar-refractivity contribution is 7.89. The lowest BCUT2D eigenvalue weighted by molar-refractivity contribution is -0.120. The third kappa shape index (κ3) is 3.98. The molecule has 1 amide bonds. The number of carbonyl (C=O) groups is 2. The number of benzene rings is 2. The Morgan fingerprint density at radius 3 is 2.63 bits per heavy atom. The van der Waals surface area contributed by atoms with Gasteiger partial charge in [-0.1, -0.05) is 6.07 Å². The molecular formula is C20H20N4O4S2. The molecule has 156 valence electrons. The molecule has 0 spiro atoms. The van der Waals surface area contributed by atoms with Crippen molar-refractivity contribution in [2.24, 2.45) is 5.92 Å². The number of Topliss-reactive ketones (excluding diaryl/α,β-unsaturated/α-hetero) is 1. The molecule has 2 heterocycles. The van der Waals surface area contributed by atoms with Crippen LogP contribution in [0.4, 0.5) is 5.69 Å². The molecule has 1 aliphatic rings. The lowest BCUT2D eigenvalue weighted by atomic mass is 9.98. The number of anilines is 1. The van der Waals surface area contributed by atoms with Gasteiger partial charge in [-0.15, -0.1) is 0 Å². The maximum atomic E-state index is 13.2. The summed E-state index contributed by atoms with van der Waals surface area (Å²) in [6.45, 7) is 1.94. The zero-order valence-corrected chi connectivity index (χ0v) is 17.9. The molecule has 0 bridgehead atoms. The van der Waals surface area contributed by atoms with Crippen LogP contribution >= 0.6 is 11.7 Å². The SMILES string of the molecule is CC(=O)c1ccc(NC(=O)[C@H]2CCCN(S(=O)(=O)c3cccc4nsnc34)C2)cc1. The van der Waals surface area contributed by atoms with Gasteiger partial charge in [0, 0.05) is 24.3 Å². The van der Waals surface area contributed by atoms with E-state index >= 15 is 0 Å². The third-order valence-electron chi connectivity index (χ3n) is 5.18. The van der Waals surface area contributed by atoms with Gasteiger partial charge in [0.25, 0.3) is 0 Å². The molecule has 8 nitrogen and oxygen atoms in total. The number of hydrogen-bond acceptors (Lipinski definition) is 7. The molecule has 10 heteroatoms. The van der Waals surface area contributed by atoms with Crippen molar-refractivity contribution in [2.75, 3.05) is 18.4 Å². The van der Waals surface area contributed by atoms with Gasteiger partial charge in [0.05, 0.1) is 17.6 Å². The zero-order chi connectivity index (χ0) is 21.3. The molecule has 30 heavy (non-hydrogen) atoms. The van der Waals surface area contributed by atoms with E-state index in [2.05, 4.69) is 14.1 Å². The van der Waals surface area contributed by atoms with Crippen molar-refractivity contribution in [2.45, 2.75) is 24.7 Å². The highest BCUT2D eigenvalue weighted by atomic mass is 32.2. The summed E-state index contributed by atoms with van der Waals surface area (Å²) in [5.74, 6) is -0.751. The first-order valence-electron chi connectivity index (χ1n) is 9.49. The number of carbonyl (C=O) groups excluding carboxylic acids is 2. The number of ketones is 1. The molecule has 1 atom stereocenters. The average molecular weight is 445 g/mol. The summed E-state index contributed by atoms with van der Waals surface area (Å²) in [6, 6.07) is 11.5. The Kier molecular flexibility index (Phi) is 5.63. The van der Waals surface area contributed by atoms with Gasteiger partial charge in [0.2, 0.25) is 15.9 Å². The molecular weight excluding hydrogens is 424 g/mol. The Morgan fingerprint density at radius 1 is 1.13 bits per heavy atom. The van der Waals surface area contributed by atoms with Gasteiger partial charge in [-0.3, -0.25) is 9.59 Å². The summed E-state index contributed by atoms with van der Waals surface area (Å²) < 4.78 is 36.0. The van der Waals surface area contributed by atoms with E-state index in [9.17, 15) is 18.0 Å². The van der Waals surface area contributed by atoms with E-state index in [1.807, 2.05) is 0 Å². The van der Waals surface area contributed by atoms with Gasteiger partial charge in [-0.05, 0) is 56.2 Å². The molecule has 4 rings (SSSR count). The van der Waals surface area contributed by atoms with Crippen LogP contribution in [0.25, 0.3) is 11.0 Å². The van der Waals surface area contributed by atoms with Crippen LogP contribution in [0.2, 0.25) is 0 Å². The summed E-state index contributed by atoms with van der Waals surface area (Å²) in [7, 11) is -3.79. The first-order chi connectivity index (χ1) is 14.4. The molecule has 1 saturated heterocycles. The van der Waals surface area contributed by atoms with Crippen molar-refractivity contribution in [3.05, 3.63) is 48.0 Å². The normalized spacial score (nSPS) is 17.7. The number of hydrogen-bond donors (Lipinski definition) is 1. The van der Waals surface area contributed by atoms with E-state index in [-0.39, 0.29) is 23.1 Å². The largest absolute Gasteiger partial charge is 0.326 e. The first kappa shape index (κ1) is 20.6. The molecule has 1 N–H and O–H groups in total.